The monoisotopic (exact) mass is 283 g/mol. The molecule has 0 amide bonds. The summed E-state index contributed by atoms with van der Waals surface area (Å²) < 4.78 is 0. The fourth-order valence-electron chi connectivity index (χ4n) is 4.08. The van der Waals surface area contributed by atoms with Crippen molar-refractivity contribution in [3.63, 3.8) is 0 Å². The van der Waals surface area contributed by atoms with Crippen LogP contribution < -0.4 is 5.73 Å². The van der Waals surface area contributed by atoms with E-state index in [1.807, 2.05) is 0 Å². The molecule has 0 spiro atoms. The molecule has 1 aliphatic carbocycles. The summed E-state index contributed by atoms with van der Waals surface area (Å²) in [6, 6.07) is 0.954. The Kier molecular flexibility index (Phi) is 8.08. The van der Waals surface area contributed by atoms with Gasteiger partial charge in [0.2, 0.25) is 0 Å². The molecule has 1 aliphatic rings. The third kappa shape index (κ3) is 5.01. The van der Waals surface area contributed by atoms with Crippen molar-refractivity contribution < 1.29 is 0 Å². The summed E-state index contributed by atoms with van der Waals surface area (Å²) >= 11 is 0. The lowest BCUT2D eigenvalue weighted by Crippen LogP contribution is -2.55. The SMILES string of the molecule is CCN(CC)CCCN(CC)C1C(C)CC(C)CC1N. The molecule has 3 heteroatoms. The van der Waals surface area contributed by atoms with Crippen molar-refractivity contribution in [3.05, 3.63) is 0 Å². The Morgan fingerprint density at radius 2 is 1.60 bits per heavy atom. The zero-order chi connectivity index (χ0) is 15.1. The highest BCUT2D eigenvalue weighted by Gasteiger charge is 2.34. The van der Waals surface area contributed by atoms with Gasteiger partial charge in [-0.1, -0.05) is 34.6 Å². The van der Waals surface area contributed by atoms with Crippen LogP contribution in [0.4, 0.5) is 0 Å². The van der Waals surface area contributed by atoms with E-state index in [0.29, 0.717) is 12.1 Å². The van der Waals surface area contributed by atoms with Crippen LogP contribution in [0.15, 0.2) is 0 Å². The molecule has 0 radical (unpaired) electrons. The summed E-state index contributed by atoms with van der Waals surface area (Å²) in [5, 5.41) is 0. The van der Waals surface area contributed by atoms with Crippen LogP contribution in [-0.2, 0) is 0 Å². The van der Waals surface area contributed by atoms with Gasteiger partial charge in [0.15, 0.2) is 0 Å². The Morgan fingerprint density at radius 1 is 0.950 bits per heavy atom. The predicted octanol–water partition coefficient (Wildman–Crippen LogP) is 2.80. The summed E-state index contributed by atoms with van der Waals surface area (Å²) in [5.74, 6) is 1.53. The molecule has 0 aromatic carbocycles. The second-order valence-corrected chi connectivity index (χ2v) is 6.72. The van der Waals surface area contributed by atoms with Crippen molar-refractivity contribution >= 4 is 0 Å². The second kappa shape index (κ2) is 9.01. The van der Waals surface area contributed by atoms with Gasteiger partial charge < -0.3 is 10.6 Å². The summed E-state index contributed by atoms with van der Waals surface area (Å²) in [5.41, 5.74) is 6.47. The maximum Gasteiger partial charge on any atom is 0.0272 e. The van der Waals surface area contributed by atoms with E-state index in [2.05, 4.69) is 44.4 Å². The molecule has 0 bridgehead atoms. The van der Waals surface area contributed by atoms with Gasteiger partial charge in [0.1, 0.15) is 0 Å². The van der Waals surface area contributed by atoms with E-state index < -0.39 is 0 Å². The van der Waals surface area contributed by atoms with E-state index in [1.54, 1.807) is 0 Å². The number of likely N-dealkylation sites (N-methyl/N-ethyl adjacent to an activating group) is 1. The van der Waals surface area contributed by atoms with Gasteiger partial charge in [-0.05, 0) is 63.8 Å². The highest BCUT2D eigenvalue weighted by Crippen LogP contribution is 2.31. The molecular formula is C17H37N3. The Balaban J connectivity index is 2.48. The third-order valence-corrected chi connectivity index (χ3v) is 5.11. The average Bonchev–Trinajstić information content (AvgIpc) is 2.40. The molecule has 0 saturated heterocycles. The van der Waals surface area contributed by atoms with Gasteiger partial charge in [0.05, 0.1) is 0 Å². The Morgan fingerprint density at radius 3 is 2.10 bits per heavy atom. The average molecular weight is 284 g/mol. The number of hydrogen-bond donors (Lipinski definition) is 1. The molecule has 1 fully saturated rings. The minimum absolute atomic E-state index is 0.363. The lowest BCUT2D eigenvalue weighted by Gasteiger charge is -2.44. The minimum Gasteiger partial charge on any atom is -0.326 e. The van der Waals surface area contributed by atoms with Gasteiger partial charge in [0, 0.05) is 12.1 Å². The fraction of sp³-hybridized carbons (Fsp3) is 1.00. The summed E-state index contributed by atoms with van der Waals surface area (Å²) in [7, 11) is 0. The van der Waals surface area contributed by atoms with Crippen molar-refractivity contribution in [2.45, 2.75) is 66.0 Å². The number of nitrogens with zero attached hydrogens (tertiary/aromatic N) is 2. The first-order valence-corrected chi connectivity index (χ1v) is 8.75. The minimum atomic E-state index is 0.363. The molecular weight excluding hydrogens is 246 g/mol. The van der Waals surface area contributed by atoms with Crippen LogP contribution in [-0.4, -0.2) is 54.6 Å². The van der Waals surface area contributed by atoms with E-state index in [9.17, 15) is 0 Å². The van der Waals surface area contributed by atoms with E-state index in [0.717, 1.165) is 18.4 Å². The maximum atomic E-state index is 6.47. The van der Waals surface area contributed by atoms with Crippen LogP contribution in [0.3, 0.4) is 0 Å². The summed E-state index contributed by atoms with van der Waals surface area (Å²) in [4.78, 5) is 5.16. The van der Waals surface area contributed by atoms with E-state index in [4.69, 9.17) is 5.73 Å². The predicted molar refractivity (Wildman–Crippen MR) is 89.0 cm³/mol. The van der Waals surface area contributed by atoms with Crippen molar-refractivity contribution in [2.24, 2.45) is 17.6 Å². The quantitative estimate of drug-likeness (QED) is 0.743. The van der Waals surface area contributed by atoms with Crippen LogP contribution in [0.25, 0.3) is 0 Å². The molecule has 20 heavy (non-hydrogen) atoms. The second-order valence-electron chi connectivity index (χ2n) is 6.72. The topological polar surface area (TPSA) is 32.5 Å². The first-order chi connectivity index (χ1) is 9.53. The molecule has 3 nitrogen and oxygen atoms in total. The van der Waals surface area contributed by atoms with Crippen LogP contribution in [0.1, 0.15) is 53.9 Å². The molecule has 0 aliphatic heterocycles. The van der Waals surface area contributed by atoms with Crippen LogP contribution >= 0.6 is 0 Å². The highest BCUT2D eigenvalue weighted by molar-refractivity contribution is 4.92. The molecule has 4 unspecified atom stereocenters. The normalized spacial score (nSPS) is 31.2. The van der Waals surface area contributed by atoms with Gasteiger partial charge in [-0.25, -0.2) is 0 Å². The molecule has 1 rings (SSSR count). The van der Waals surface area contributed by atoms with Gasteiger partial charge in [0.25, 0.3) is 0 Å². The summed E-state index contributed by atoms with van der Waals surface area (Å²) in [6.45, 7) is 17.4. The maximum absolute atomic E-state index is 6.47. The molecule has 4 atom stereocenters. The zero-order valence-electron chi connectivity index (χ0n) is 14.4. The molecule has 2 N–H and O–H groups in total. The molecule has 0 aromatic rings. The smallest absolute Gasteiger partial charge is 0.0272 e. The van der Waals surface area contributed by atoms with Crippen LogP contribution in [0, 0.1) is 11.8 Å². The first-order valence-electron chi connectivity index (χ1n) is 8.75. The standard InChI is InChI=1S/C17H37N3/c1-6-19(7-2)10-9-11-20(8-3)17-15(5)12-14(4)13-16(17)18/h14-17H,6-13,18H2,1-5H3. The lowest BCUT2D eigenvalue weighted by atomic mass is 9.76. The molecule has 120 valence electrons. The molecule has 0 aromatic heterocycles. The molecule has 0 heterocycles. The largest absolute Gasteiger partial charge is 0.326 e. The van der Waals surface area contributed by atoms with E-state index in [1.165, 1.54) is 45.4 Å². The van der Waals surface area contributed by atoms with Gasteiger partial charge in [-0.3, -0.25) is 4.90 Å². The van der Waals surface area contributed by atoms with Crippen LogP contribution in [0.2, 0.25) is 0 Å². The fourth-order valence-corrected chi connectivity index (χ4v) is 4.08. The van der Waals surface area contributed by atoms with Crippen LogP contribution in [0.5, 0.6) is 0 Å². The molecule has 1 saturated carbocycles. The number of rotatable bonds is 8. The van der Waals surface area contributed by atoms with E-state index in [-0.39, 0.29) is 0 Å². The third-order valence-electron chi connectivity index (χ3n) is 5.11. The Hall–Kier alpha value is -0.120. The van der Waals surface area contributed by atoms with Gasteiger partial charge >= 0.3 is 0 Å². The van der Waals surface area contributed by atoms with Crippen molar-refractivity contribution in [1.82, 2.24) is 9.80 Å². The summed E-state index contributed by atoms with van der Waals surface area (Å²) in [6.07, 6.45) is 3.80. The lowest BCUT2D eigenvalue weighted by molar-refractivity contribution is 0.0758. The zero-order valence-corrected chi connectivity index (χ0v) is 14.4. The van der Waals surface area contributed by atoms with Crippen molar-refractivity contribution in [3.8, 4) is 0 Å². The van der Waals surface area contributed by atoms with Crippen molar-refractivity contribution in [2.75, 3.05) is 32.7 Å². The van der Waals surface area contributed by atoms with E-state index >= 15 is 0 Å². The van der Waals surface area contributed by atoms with Crippen molar-refractivity contribution in [1.29, 1.82) is 0 Å². The number of hydrogen-bond acceptors (Lipinski definition) is 3. The van der Waals surface area contributed by atoms with Gasteiger partial charge in [-0.2, -0.15) is 0 Å². The highest BCUT2D eigenvalue weighted by atomic mass is 15.2. The number of nitrogens with two attached hydrogens (primary N) is 1. The Bertz CT molecular complexity index is 241. The Labute approximate surface area is 126 Å². The van der Waals surface area contributed by atoms with Gasteiger partial charge in [-0.15, -0.1) is 0 Å². The first kappa shape index (κ1) is 17.9.